The number of ether oxygens (including phenoxy) is 1. The molecule has 0 N–H and O–H groups in total. The van der Waals surface area contributed by atoms with Crippen LogP contribution in [0.3, 0.4) is 0 Å². The lowest BCUT2D eigenvalue weighted by Crippen LogP contribution is -2.58. The number of hydrogen-bond acceptors (Lipinski definition) is 4. The summed E-state index contributed by atoms with van der Waals surface area (Å²) in [6.45, 7) is 6.54. The SMILES string of the molecule is Cc1cc(CN2CC3(C[C@H](OCC4CCCC4)CS3)C2)n(C)n1. The largest absolute Gasteiger partial charge is 0.377 e. The smallest absolute Gasteiger partial charge is 0.0680 e. The van der Waals surface area contributed by atoms with Crippen molar-refractivity contribution in [2.45, 2.75) is 56.4 Å². The Morgan fingerprint density at radius 1 is 1.35 bits per heavy atom. The van der Waals surface area contributed by atoms with Crippen molar-refractivity contribution in [3.63, 3.8) is 0 Å². The fourth-order valence-electron chi connectivity index (χ4n) is 4.50. The van der Waals surface area contributed by atoms with Gasteiger partial charge in [0.25, 0.3) is 0 Å². The molecule has 3 aliphatic rings. The van der Waals surface area contributed by atoms with Crippen molar-refractivity contribution in [3.05, 3.63) is 17.5 Å². The highest BCUT2D eigenvalue weighted by molar-refractivity contribution is 8.01. The second kappa shape index (κ2) is 6.41. The number of likely N-dealkylation sites (tertiary alicyclic amines) is 1. The molecule has 1 aliphatic carbocycles. The second-order valence-corrected chi connectivity index (χ2v) is 9.34. The van der Waals surface area contributed by atoms with Crippen molar-refractivity contribution >= 4 is 11.8 Å². The van der Waals surface area contributed by atoms with Gasteiger partial charge in [-0.25, -0.2) is 0 Å². The molecule has 1 aromatic heterocycles. The summed E-state index contributed by atoms with van der Waals surface area (Å²) in [6, 6.07) is 2.21. The van der Waals surface area contributed by atoms with Gasteiger partial charge in [0.05, 0.1) is 17.5 Å². The summed E-state index contributed by atoms with van der Waals surface area (Å²) in [5, 5.41) is 4.45. The van der Waals surface area contributed by atoms with Crippen LogP contribution in [-0.2, 0) is 18.3 Å². The Kier molecular flexibility index (Phi) is 4.45. The number of aryl methyl sites for hydroxylation is 2. The van der Waals surface area contributed by atoms with Crippen molar-refractivity contribution in [2.24, 2.45) is 13.0 Å². The Morgan fingerprint density at radius 2 is 2.13 bits per heavy atom. The maximum absolute atomic E-state index is 6.24. The van der Waals surface area contributed by atoms with E-state index < -0.39 is 0 Å². The molecule has 0 amide bonds. The Bertz CT molecular complexity index is 546. The van der Waals surface area contributed by atoms with E-state index in [-0.39, 0.29) is 0 Å². The summed E-state index contributed by atoms with van der Waals surface area (Å²) >= 11 is 2.16. The summed E-state index contributed by atoms with van der Waals surface area (Å²) in [5.74, 6) is 2.05. The average molecular weight is 336 g/mol. The fraction of sp³-hybridized carbons (Fsp3) is 0.833. The monoisotopic (exact) mass is 335 g/mol. The van der Waals surface area contributed by atoms with Gasteiger partial charge in [0, 0.05) is 43.8 Å². The first-order valence-electron chi connectivity index (χ1n) is 9.09. The number of rotatable bonds is 5. The molecule has 4 rings (SSSR count). The molecule has 0 unspecified atom stereocenters. The average Bonchev–Trinajstić information content (AvgIpc) is 3.18. The van der Waals surface area contributed by atoms with Crippen LogP contribution in [0, 0.1) is 12.8 Å². The van der Waals surface area contributed by atoms with E-state index in [1.165, 1.54) is 56.6 Å². The third kappa shape index (κ3) is 3.47. The summed E-state index contributed by atoms with van der Waals surface area (Å²) < 4.78 is 8.74. The van der Waals surface area contributed by atoms with Crippen LogP contribution < -0.4 is 0 Å². The summed E-state index contributed by atoms with van der Waals surface area (Å²) in [4.78, 5) is 2.56. The van der Waals surface area contributed by atoms with Gasteiger partial charge in [0.1, 0.15) is 0 Å². The van der Waals surface area contributed by atoms with Crippen LogP contribution in [0.15, 0.2) is 6.07 Å². The fourth-order valence-corrected chi connectivity index (χ4v) is 6.11. The first kappa shape index (κ1) is 16.0. The van der Waals surface area contributed by atoms with E-state index in [0.29, 0.717) is 10.9 Å². The van der Waals surface area contributed by atoms with Gasteiger partial charge in [0.15, 0.2) is 0 Å². The van der Waals surface area contributed by atoms with E-state index >= 15 is 0 Å². The lowest BCUT2D eigenvalue weighted by atomic mass is 9.92. The maximum atomic E-state index is 6.24. The van der Waals surface area contributed by atoms with Gasteiger partial charge in [-0.1, -0.05) is 12.8 Å². The number of thioether (sulfide) groups is 1. The van der Waals surface area contributed by atoms with E-state index in [4.69, 9.17) is 4.74 Å². The minimum Gasteiger partial charge on any atom is -0.377 e. The van der Waals surface area contributed by atoms with Crippen LogP contribution in [0.4, 0.5) is 0 Å². The van der Waals surface area contributed by atoms with E-state index in [0.717, 1.165) is 24.8 Å². The third-order valence-electron chi connectivity index (χ3n) is 5.73. The van der Waals surface area contributed by atoms with Gasteiger partial charge in [-0.05, 0) is 38.2 Å². The predicted octanol–water partition coefficient (Wildman–Crippen LogP) is 3.00. The van der Waals surface area contributed by atoms with Crippen molar-refractivity contribution < 1.29 is 4.74 Å². The zero-order valence-electron chi connectivity index (χ0n) is 14.5. The summed E-state index contributed by atoms with van der Waals surface area (Å²) in [5.41, 5.74) is 2.45. The number of nitrogens with zero attached hydrogens (tertiary/aromatic N) is 3. The van der Waals surface area contributed by atoms with Crippen LogP contribution in [-0.4, -0.2) is 51.0 Å². The third-order valence-corrected chi connectivity index (χ3v) is 7.30. The maximum Gasteiger partial charge on any atom is 0.0680 e. The molecule has 1 atom stereocenters. The van der Waals surface area contributed by atoms with Gasteiger partial charge >= 0.3 is 0 Å². The Morgan fingerprint density at radius 3 is 2.83 bits per heavy atom. The Labute approximate surface area is 143 Å². The Hall–Kier alpha value is -0.520. The summed E-state index contributed by atoms with van der Waals surface area (Å²) in [6.07, 6.45) is 7.37. The van der Waals surface area contributed by atoms with Crippen LogP contribution in [0.2, 0.25) is 0 Å². The molecule has 3 fully saturated rings. The van der Waals surface area contributed by atoms with E-state index in [2.05, 4.69) is 41.8 Å². The van der Waals surface area contributed by atoms with Crippen molar-refractivity contribution in [1.82, 2.24) is 14.7 Å². The molecule has 0 aromatic carbocycles. The first-order valence-corrected chi connectivity index (χ1v) is 10.1. The number of hydrogen-bond donors (Lipinski definition) is 0. The first-order chi connectivity index (χ1) is 11.1. The van der Waals surface area contributed by atoms with Gasteiger partial charge in [-0.15, -0.1) is 11.8 Å². The molecule has 2 saturated heterocycles. The van der Waals surface area contributed by atoms with Gasteiger partial charge in [-0.3, -0.25) is 9.58 Å². The molecular formula is C18H29N3OS. The normalized spacial score (nSPS) is 27.8. The molecule has 3 heterocycles. The quantitative estimate of drug-likeness (QED) is 0.827. The highest BCUT2D eigenvalue weighted by Crippen LogP contribution is 2.46. The highest BCUT2D eigenvalue weighted by atomic mass is 32.2. The topological polar surface area (TPSA) is 30.3 Å². The standard InChI is InChI=1S/C18H29N3OS/c1-14-7-16(20(2)19-14)9-21-12-18(13-21)8-17(11-23-18)22-10-15-5-3-4-6-15/h7,15,17H,3-6,8-13H2,1-2H3/t17-/m0/s1. The van der Waals surface area contributed by atoms with Gasteiger partial charge in [-0.2, -0.15) is 5.10 Å². The van der Waals surface area contributed by atoms with Crippen molar-refractivity contribution in [3.8, 4) is 0 Å². The van der Waals surface area contributed by atoms with Crippen molar-refractivity contribution in [1.29, 1.82) is 0 Å². The molecule has 128 valence electrons. The van der Waals surface area contributed by atoms with Crippen LogP contribution in [0.25, 0.3) is 0 Å². The molecule has 4 nitrogen and oxygen atoms in total. The lowest BCUT2D eigenvalue weighted by Gasteiger charge is -2.47. The van der Waals surface area contributed by atoms with Crippen LogP contribution >= 0.6 is 11.8 Å². The highest BCUT2D eigenvalue weighted by Gasteiger charge is 2.49. The number of aromatic nitrogens is 2. The molecule has 2 aliphatic heterocycles. The predicted molar refractivity (Wildman–Crippen MR) is 94.7 cm³/mol. The van der Waals surface area contributed by atoms with Gasteiger partial charge in [0.2, 0.25) is 0 Å². The molecule has 5 heteroatoms. The molecule has 1 saturated carbocycles. The van der Waals surface area contributed by atoms with E-state index in [9.17, 15) is 0 Å². The van der Waals surface area contributed by atoms with E-state index in [1.807, 2.05) is 4.68 Å². The lowest BCUT2D eigenvalue weighted by molar-refractivity contribution is 0.0189. The molecule has 0 bridgehead atoms. The van der Waals surface area contributed by atoms with E-state index in [1.54, 1.807) is 0 Å². The molecular weight excluding hydrogens is 306 g/mol. The minimum atomic E-state index is 0.480. The molecule has 23 heavy (non-hydrogen) atoms. The van der Waals surface area contributed by atoms with Crippen LogP contribution in [0.5, 0.6) is 0 Å². The summed E-state index contributed by atoms with van der Waals surface area (Å²) in [7, 11) is 2.05. The van der Waals surface area contributed by atoms with Crippen LogP contribution in [0.1, 0.15) is 43.5 Å². The second-order valence-electron chi connectivity index (χ2n) is 7.85. The zero-order valence-corrected chi connectivity index (χ0v) is 15.3. The van der Waals surface area contributed by atoms with Crippen molar-refractivity contribution in [2.75, 3.05) is 25.4 Å². The minimum absolute atomic E-state index is 0.480. The van der Waals surface area contributed by atoms with Gasteiger partial charge < -0.3 is 4.74 Å². The molecule has 0 radical (unpaired) electrons. The molecule has 1 aromatic rings. The molecule has 1 spiro atoms. The Balaban J connectivity index is 1.22. The zero-order chi connectivity index (χ0) is 15.9.